The van der Waals surface area contributed by atoms with Gasteiger partial charge in [0, 0.05) is 13.3 Å². The minimum absolute atomic E-state index is 0.317. The van der Waals surface area contributed by atoms with Crippen LogP contribution < -0.4 is 0 Å². The van der Waals surface area contributed by atoms with Crippen molar-refractivity contribution in [3.63, 3.8) is 0 Å². The predicted molar refractivity (Wildman–Crippen MR) is 64.8 cm³/mol. The zero-order valence-electron chi connectivity index (χ0n) is 6.40. The van der Waals surface area contributed by atoms with Gasteiger partial charge < -0.3 is 0 Å². The first-order valence-corrected chi connectivity index (χ1v) is 5.80. The van der Waals surface area contributed by atoms with Gasteiger partial charge in [-0.1, -0.05) is 0 Å². The summed E-state index contributed by atoms with van der Waals surface area (Å²) in [6.07, 6.45) is -1.41. The van der Waals surface area contributed by atoms with Gasteiger partial charge in [0.05, 0.1) is 5.56 Å². The van der Waals surface area contributed by atoms with E-state index in [1.165, 1.54) is 6.20 Å². The van der Waals surface area contributed by atoms with E-state index < -0.39 is 17.2 Å². The second-order valence-electron chi connectivity index (χ2n) is 2.26. The highest BCUT2D eigenvalue weighted by atomic mass is 127. The molecule has 0 aliphatic carbocycles. The Morgan fingerprint density at radius 1 is 1.50 bits per heavy atom. The van der Waals surface area contributed by atoms with Crippen LogP contribution in [0.3, 0.4) is 0 Å². The molecular weight excluding hydrogens is 441 g/mol. The summed E-state index contributed by atoms with van der Waals surface area (Å²) >= 11 is 8.74. The quantitative estimate of drug-likeness (QED) is 0.517. The number of nitrogens with zero attached hydrogens (tertiary/aromatic N) is 1. The first-order chi connectivity index (χ1) is 6.45. The number of rotatable bonds is 2. The Morgan fingerprint density at radius 2 is 2.07 bits per heavy atom. The summed E-state index contributed by atoms with van der Waals surface area (Å²) < 4.78 is 26.0. The molecule has 1 aromatic rings. The van der Waals surface area contributed by atoms with Crippen molar-refractivity contribution in [2.75, 3.05) is 0 Å². The zero-order chi connectivity index (χ0) is 10.9. The Hall–Kier alpha value is 0.430. The lowest BCUT2D eigenvalue weighted by atomic mass is 10.2. The lowest BCUT2D eigenvalue weighted by Gasteiger charge is -2.07. The van der Waals surface area contributed by atoms with Gasteiger partial charge in [0.15, 0.2) is 0 Å². The highest BCUT2D eigenvalue weighted by Crippen LogP contribution is 2.30. The molecule has 0 aliphatic heterocycles. The van der Waals surface area contributed by atoms with Crippen molar-refractivity contribution in [3.8, 4) is 0 Å². The van der Waals surface area contributed by atoms with E-state index in [1.54, 1.807) is 22.6 Å². The van der Waals surface area contributed by atoms with Crippen LogP contribution in [-0.2, 0) is 0 Å². The summed E-state index contributed by atoms with van der Waals surface area (Å²) in [6, 6.07) is 0. The lowest BCUT2D eigenvalue weighted by Crippen LogP contribution is -2.06. The number of aromatic nitrogens is 1. The standard InChI is InChI=1S/C7H2ClF2I2NO/c8-6(14)5-3(7(9)10)4(12)2(11)1-13-5/h1,7H. The fourth-order valence-corrected chi connectivity index (χ4v) is 2.05. The van der Waals surface area contributed by atoms with Crippen molar-refractivity contribution in [1.82, 2.24) is 4.98 Å². The molecule has 0 saturated heterocycles. The van der Waals surface area contributed by atoms with Crippen LogP contribution >= 0.6 is 56.8 Å². The summed E-state index contributed by atoms with van der Waals surface area (Å²) in [6.45, 7) is 0. The van der Waals surface area contributed by atoms with Gasteiger partial charge in [-0.3, -0.25) is 9.78 Å². The van der Waals surface area contributed by atoms with E-state index in [-0.39, 0.29) is 5.69 Å². The molecule has 1 aromatic heterocycles. The molecule has 14 heavy (non-hydrogen) atoms. The third-order valence-corrected chi connectivity index (χ3v) is 4.60. The van der Waals surface area contributed by atoms with Crippen molar-refractivity contribution in [2.45, 2.75) is 6.43 Å². The van der Waals surface area contributed by atoms with Crippen LogP contribution in [-0.4, -0.2) is 10.2 Å². The summed E-state index contributed by atoms with van der Waals surface area (Å²) in [5, 5.41) is -0.963. The van der Waals surface area contributed by atoms with Gasteiger partial charge in [-0.05, 0) is 56.8 Å². The number of alkyl halides is 2. The van der Waals surface area contributed by atoms with E-state index >= 15 is 0 Å². The number of carbonyl (C=O) groups excluding carboxylic acids is 1. The van der Waals surface area contributed by atoms with Crippen molar-refractivity contribution in [2.24, 2.45) is 0 Å². The summed E-state index contributed by atoms with van der Waals surface area (Å²) in [5.74, 6) is 0. The lowest BCUT2D eigenvalue weighted by molar-refractivity contribution is 0.106. The van der Waals surface area contributed by atoms with Gasteiger partial charge >= 0.3 is 0 Å². The highest BCUT2D eigenvalue weighted by Gasteiger charge is 2.23. The molecule has 1 heterocycles. The van der Waals surface area contributed by atoms with Crippen molar-refractivity contribution in [3.05, 3.63) is 24.6 Å². The molecule has 0 bridgehead atoms. The smallest absolute Gasteiger partial charge is 0.271 e. The third kappa shape index (κ3) is 2.51. The predicted octanol–water partition coefficient (Wildman–Crippen LogP) is 3.61. The minimum atomic E-state index is -2.75. The molecule has 0 saturated carbocycles. The molecule has 7 heteroatoms. The fourth-order valence-electron chi connectivity index (χ4n) is 0.836. The van der Waals surface area contributed by atoms with Crippen molar-refractivity contribution in [1.29, 1.82) is 0 Å². The Morgan fingerprint density at radius 3 is 2.50 bits per heavy atom. The van der Waals surface area contributed by atoms with E-state index in [2.05, 4.69) is 4.98 Å². The second-order valence-corrected chi connectivity index (χ2v) is 4.84. The minimum Gasteiger partial charge on any atom is -0.274 e. The molecule has 76 valence electrons. The van der Waals surface area contributed by atoms with Crippen LogP contribution in [0.4, 0.5) is 8.78 Å². The third-order valence-electron chi connectivity index (χ3n) is 1.41. The molecule has 2 nitrogen and oxygen atoms in total. The maximum atomic E-state index is 12.6. The van der Waals surface area contributed by atoms with Crippen LogP contribution in [0.2, 0.25) is 0 Å². The van der Waals surface area contributed by atoms with Gasteiger partial charge in [-0.25, -0.2) is 8.78 Å². The number of pyridine rings is 1. The van der Waals surface area contributed by atoms with Crippen LogP contribution in [0.1, 0.15) is 22.5 Å². The highest BCUT2D eigenvalue weighted by molar-refractivity contribution is 14.1. The molecule has 0 spiro atoms. The Balaban J connectivity index is 3.45. The van der Waals surface area contributed by atoms with Gasteiger partial charge in [0.2, 0.25) is 0 Å². The van der Waals surface area contributed by atoms with Crippen LogP contribution in [0.15, 0.2) is 6.20 Å². The molecule has 0 amide bonds. The van der Waals surface area contributed by atoms with Gasteiger partial charge in [0.25, 0.3) is 11.7 Å². The van der Waals surface area contributed by atoms with E-state index in [0.717, 1.165) is 0 Å². The molecular formula is C7H2ClF2I2NO. The Bertz CT molecular complexity index is 386. The first kappa shape index (κ1) is 12.5. The summed E-state index contributed by atoms with van der Waals surface area (Å²) in [4.78, 5) is 14.4. The molecule has 0 N–H and O–H groups in total. The van der Waals surface area contributed by atoms with Crippen LogP contribution in [0.5, 0.6) is 0 Å². The molecule has 1 rings (SSSR count). The second kappa shape index (κ2) is 4.97. The van der Waals surface area contributed by atoms with Gasteiger partial charge in [0.1, 0.15) is 5.69 Å². The summed E-state index contributed by atoms with van der Waals surface area (Å²) in [7, 11) is 0. The SMILES string of the molecule is O=C(Cl)c1ncc(I)c(I)c1C(F)F. The summed E-state index contributed by atoms with van der Waals surface area (Å²) in [5.41, 5.74) is -0.760. The van der Waals surface area contributed by atoms with Crippen molar-refractivity contribution < 1.29 is 13.6 Å². The molecule has 0 aliphatic rings. The normalized spacial score (nSPS) is 10.7. The Labute approximate surface area is 111 Å². The molecule has 0 aromatic carbocycles. The van der Waals surface area contributed by atoms with Gasteiger partial charge in [-0.2, -0.15) is 0 Å². The fraction of sp³-hybridized carbons (Fsp3) is 0.143. The molecule has 0 atom stereocenters. The number of hydrogen-bond donors (Lipinski definition) is 0. The Kier molecular flexibility index (Phi) is 4.44. The van der Waals surface area contributed by atoms with E-state index in [9.17, 15) is 13.6 Å². The largest absolute Gasteiger partial charge is 0.274 e. The molecule has 0 fully saturated rings. The average Bonchev–Trinajstić information content (AvgIpc) is 2.08. The molecule has 0 unspecified atom stereocenters. The average molecular weight is 443 g/mol. The molecule has 0 radical (unpaired) electrons. The first-order valence-electron chi connectivity index (χ1n) is 3.27. The van der Waals surface area contributed by atoms with Crippen LogP contribution in [0, 0.1) is 7.14 Å². The monoisotopic (exact) mass is 443 g/mol. The van der Waals surface area contributed by atoms with E-state index in [0.29, 0.717) is 7.14 Å². The maximum Gasteiger partial charge on any atom is 0.271 e. The van der Waals surface area contributed by atoms with E-state index in [1.807, 2.05) is 22.6 Å². The topological polar surface area (TPSA) is 30.0 Å². The number of halogens is 5. The number of carbonyl (C=O) groups is 1. The zero-order valence-corrected chi connectivity index (χ0v) is 11.5. The number of hydrogen-bond acceptors (Lipinski definition) is 2. The maximum absolute atomic E-state index is 12.6. The van der Waals surface area contributed by atoms with Gasteiger partial charge in [-0.15, -0.1) is 0 Å². The van der Waals surface area contributed by atoms with Crippen molar-refractivity contribution >= 4 is 62.0 Å². The van der Waals surface area contributed by atoms with E-state index in [4.69, 9.17) is 11.6 Å². The van der Waals surface area contributed by atoms with Crippen LogP contribution in [0.25, 0.3) is 0 Å².